The highest BCUT2D eigenvalue weighted by atomic mass is 16.5. The number of rotatable bonds is 8. The molecule has 1 atom stereocenters. The van der Waals surface area contributed by atoms with Crippen LogP contribution >= 0.6 is 0 Å². The zero-order chi connectivity index (χ0) is 24.8. The SMILES string of the molecule is CCCCN1C(=O)NC(c2cccc(NC(=O)c3ccc(C)cc3)c2)C(C(=O)OC(C)C)=C1C. The lowest BCUT2D eigenvalue weighted by atomic mass is 9.94. The van der Waals surface area contributed by atoms with Crippen molar-refractivity contribution >= 4 is 23.6 Å². The molecule has 0 aromatic heterocycles. The number of urea groups is 1. The number of hydrogen-bond acceptors (Lipinski definition) is 4. The second-order valence-electron chi connectivity index (χ2n) is 8.79. The summed E-state index contributed by atoms with van der Waals surface area (Å²) in [5, 5.41) is 5.86. The zero-order valence-electron chi connectivity index (χ0n) is 20.5. The lowest BCUT2D eigenvalue weighted by molar-refractivity contribution is -0.143. The second-order valence-corrected chi connectivity index (χ2v) is 8.79. The normalized spacial score (nSPS) is 15.9. The van der Waals surface area contributed by atoms with E-state index in [0.29, 0.717) is 34.6 Å². The van der Waals surface area contributed by atoms with E-state index in [0.717, 1.165) is 18.4 Å². The Hall–Kier alpha value is -3.61. The van der Waals surface area contributed by atoms with Crippen molar-refractivity contribution in [3.8, 4) is 0 Å². The first-order valence-electron chi connectivity index (χ1n) is 11.7. The van der Waals surface area contributed by atoms with Crippen LogP contribution in [0.2, 0.25) is 0 Å². The third-order valence-electron chi connectivity index (χ3n) is 5.69. The molecule has 2 N–H and O–H groups in total. The molecule has 0 saturated heterocycles. The molecule has 3 amide bonds. The van der Waals surface area contributed by atoms with E-state index < -0.39 is 12.0 Å². The van der Waals surface area contributed by atoms with Crippen LogP contribution in [0.1, 0.15) is 68.1 Å². The van der Waals surface area contributed by atoms with Crippen molar-refractivity contribution in [3.05, 3.63) is 76.5 Å². The summed E-state index contributed by atoms with van der Waals surface area (Å²) in [5.41, 5.74) is 3.85. The molecule has 180 valence electrons. The van der Waals surface area contributed by atoms with Gasteiger partial charge < -0.3 is 15.4 Å². The number of aryl methyl sites for hydroxylation is 1. The summed E-state index contributed by atoms with van der Waals surface area (Å²) in [4.78, 5) is 40.3. The average molecular weight is 464 g/mol. The fourth-order valence-corrected chi connectivity index (χ4v) is 3.86. The Labute approximate surface area is 201 Å². The fourth-order valence-electron chi connectivity index (χ4n) is 3.86. The standard InChI is InChI=1S/C27H33N3O4/c1-6-7-15-30-19(5)23(26(32)34-17(2)3)24(29-27(30)33)21-9-8-10-22(16-21)28-25(31)20-13-11-18(4)12-14-20/h8-14,16-17,24H,6-7,15H2,1-5H3,(H,28,31)(H,29,33). The minimum absolute atomic E-state index is 0.235. The van der Waals surface area contributed by atoms with Crippen LogP contribution in [0.25, 0.3) is 0 Å². The molecule has 2 aromatic rings. The van der Waals surface area contributed by atoms with Gasteiger partial charge in [-0.2, -0.15) is 0 Å². The summed E-state index contributed by atoms with van der Waals surface area (Å²) in [6.45, 7) is 9.90. The molecule has 0 radical (unpaired) electrons. The molecular formula is C27H33N3O4. The number of hydrogen-bond donors (Lipinski definition) is 2. The highest BCUT2D eigenvalue weighted by Crippen LogP contribution is 2.33. The van der Waals surface area contributed by atoms with Gasteiger partial charge in [0.15, 0.2) is 0 Å². The highest BCUT2D eigenvalue weighted by molar-refractivity contribution is 6.04. The van der Waals surface area contributed by atoms with E-state index >= 15 is 0 Å². The minimum Gasteiger partial charge on any atom is -0.459 e. The molecule has 1 aliphatic rings. The molecule has 34 heavy (non-hydrogen) atoms. The zero-order valence-corrected chi connectivity index (χ0v) is 20.5. The van der Waals surface area contributed by atoms with Gasteiger partial charge in [-0.15, -0.1) is 0 Å². The first-order chi connectivity index (χ1) is 16.2. The first kappa shape index (κ1) is 25.0. The van der Waals surface area contributed by atoms with E-state index in [1.165, 1.54) is 0 Å². The lowest BCUT2D eigenvalue weighted by Gasteiger charge is -2.35. The molecule has 0 aliphatic carbocycles. The summed E-state index contributed by atoms with van der Waals surface area (Å²) < 4.78 is 5.52. The largest absolute Gasteiger partial charge is 0.459 e. The number of benzene rings is 2. The van der Waals surface area contributed by atoms with Gasteiger partial charge in [-0.05, 0) is 63.9 Å². The maximum Gasteiger partial charge on any atom is 0.338 e. The van der Waals surface area contributed by atoms with Crippen LogP contribution in [0, 0.1) is 6.92 Å². The molecule has 1 unspecified atom stereocenters. The van der Waals surface area contributed by atoms with E-state index in [2.05, 4.69) is 10.6 Å². The van der Waals surface area contributed by atoms with Crippen LogP contribution in [0.4, 0.5) is 10.5 Å². The number of allylic oxidation sites excluding steroid dienone is 1. The molecule has 1 aliphatic heterocycles. The molecule has 7 heteroatoms. The second kappa shape index (κ2) is 11.0. The monoisotopic (exact) mass is 463 g/mol. The van der Waals surface area contributed by atoms with Gasteiger partial charge in [-0.1, -0.05) is 43.2 Å². The van der Waals surface area contributed by atoms with Gasteiger partial charge in [0.25, 0.3) is 5.91 Å². The number of carbonyl (C=O) groups excluding carboxylic acids is 3. The van der Waals surface area contributed by atoms with Gasteiger partial charge in [-0.3, -0.25) is 9.69 Å². The van der Waals surface area contributed by atoms with Crippen molar-refractivity contribution in [2.45, 2.75) is 59.6 Å². The number of anilines is 1. The first-order valence-corrected chi connectivity index (χ1v) is 11.7. The molecular weight excluding hydrogens is 430 g/mol. The number of amides is 3. The quantitative estimate of drug-likeness (QED) is 0.517. The molecule has 0 saturated carbocycles. The summed E-state index contributed by atoms with van der Waals surface area (Å²) in [5.74, 6) is -0.699. The van der Waals surface area contributed by atoms with Gasteiger partial charge in [0.2, 0.25) is 0 Å². The minimum atomic E-state index is -0.687. The predicted octanol–water partition coefficient (Wildman–Crippen LogP) is 5.34. The molecule has 3 rings (SSSR count). The molecule has 0 bridgehead atoms. The molecule has 2 aromatic carbocycles. The van der Waals surface area contributed by atoms with Gasteiger partial charge in [0, 0.05) is 23.5 Å². The van der Waals surface area contributed by atoms with E-state index in [1.54, 1.807) is 56.0 Å². The fraction of sp³-hybridized carbons (Fsp3) is 0.370. The van der Waals surface area contributed by atoms with Crippen molar-refractivity contribution in [1.29, 1.82) is 0 Å². The van der Waals surface area contributed by atoms with Crippen LogP contribution in [0.3, 0.4) is 0 Å². The Kier molecular flexibility index (Phi) is 8.10. The maximum atomic E-state index is 13.1. The Balaban J connectivity index is 1.93. The third kappa shape index (κ3) is 5.84. The van der Waals surface area contributed by atoms with Crippen LogP contribution in [0.5, 0.6) is 0 Å². The van der Waals surface area contributed by atoms with Gasteiger partial charge in [0.05, 0.1) is 17.7 Å². The summed E-state index contributed by atoms with van der Waals surface area (Å²) in [6.07, 6.45) is 1.45. The van der Waals surface area contributed by atoms with Crippen molar-refractivity contribution < 1.29 is 19.1 Å². The van der Waals surface area contributed by atoms with Crippen molar-refractivity contribution in [2.75, 3.05) is 11.9 Å². The topological polar surface area (TPSA) is 87.7 Å². The number of nitrogens with zero attached hydrogens (tertiary/aromatic N) is 1. The summed E-state index contributed by atoms with van der Waals surface area (Å²) in [6, 6.07) is 13.5. The Morgan fingerprint density at radius 1 is 1.12 bits per heavy atom. The van der Waals surface area contributed by atoms with E-state index in [1.807, 2.05) is 32.0 Å². The van der Waals surface area contributed by atoms with Crippen LogP contribution < -0.4 is 10.6 Å². The number of unbranched alkanes of at least 4 members (excludes halogenated alkanes) is 1. The Morgan fingerprint density at radius 2 is 1.82 bits per heavy atom. The van der Waals surface area contributed by atoms with E-state index in [9.17, 15) is 14.4 Å². The van der Waals surface area contributed by atoms with E-state index in [4.69, 9.17) is 4.74 Å². The van der Waals surface area contributed by atoms with Crippen molar-refractivity contribution in [2.24, 2.45) is 0 Å². The predicted molar refractivity (Wildman–Crippen MR) is 132 cm³/mol. The Morgan fingerprint density at radius 3 is 2.47 bits per heavy atom. The van der Waals surface area contributed by atoms with Crippen LogP contribution in [-0.4, -0.2) is 35.5 Å². The lowest BCUT2D eigenvalue weighted by Crippen LogP contribution is -2.48. The highest BCUT2D eigenvalue weighted by Gasteiger charge is 2.36. The Bertz CT molecular complexity index is 1090. The average Bonchev–Trinajstić information content (AvgIpc) is 2.78. The van der Waals surface area contributed by atoms with E-state index in [-0.39, 0.29) is 18.0 Å². The van der Waals surface area contributed by atoms with Gasteiger partial charge >= 0.3 is 12.0 Å². The number of nitrogens with one attached hydrogen (secondary N) is 2. The van der Waals surface area contributed by atoms with Gasteiger partial charge in [0.1, 0.15) is 0 Å². The van der Waals surface area contributed by atoms with Crippen molar-refractivity contribution in [1.82, 2.24) is 10.2 Å². The molecule has 0 spiro atoms. The van der Waals surface area contributed by atoms with Crippen LogP contribution in [0.15, 0.2) is 59.8 Å². The maximum absolute atomic E-state index is 13.1. The van der Waals surface area contributed by atoms with Crippen LogP contribution in [-0.2, 0) is 9.53 Å². The number of carbonyl (C=O) groups is 3. The smallest absolute Gasteiger partial charge is 0.338 e. The van der Waals surface area contributed by atoms with Gasteiger partial charge in [-0.25, -0.2) is 9.59 Å². The van der Waals surface area contributed by atoms with Crippen molar-refractivity contribution in [3.63, 3.8) is 0 Å². The summed E-state index contributed by atoms with van der Waals surface area (Å²) in [7, 11) is 0. The molecule has 7 nitrogen and oxygen atoms in total. The third-order valence-corrected chi connectivity index (χ3v) is 5.69. The summed E-state index contributed by atoms with van der Waals surface area (Å²) >= 11 is 0. The molecule has 1 heterocycles. The molecule has 0 fully saturated rings. The number of esters is 1. The number of ether oxygens (including phenoxy) is 1.